The molecule has 1 fully saturated rings. The normalized spacial score (nSPS) is 15.2. The van der Waals surface area contributed by atoms with Crippen LogP contribution in [0.1, 0.15) is 15.9 Å². The Hall–Kier alpha value is -2.68. The van der Waals surface area contributed by atoms with E-state index in [1.165, 1.54) is 0 Å². The van der Waals surface area contributed by atoms with Gasteiger partial charge in [0.1, 0.15) is 10.9 Å². The maximum Gasteiger partial charge on any atom is 0.323 e. The van der Waals surface area contributed by atoms with E-state index in [4.69, 9.17) is 28.9 Å². The van der Waals surface area contributed by atoms with Crippen molar-refractivity contribution in [2.45, 2.75) is 0 Å². The van der Waals surface area contributed by atoms with Crippen LogP contribution in [0.5, 0.6) is 0 Å². The van der Waals surface area contributed by atoms with Gasteiger partial charge in [-0.15, -0.1) is 0 Å². The first kappa shape index (κ1) is 20.1. The summed E-state index contributed by atoms with van der Waals surface area (Å²) >= 11 is 11.9. The SMILES string of the molecule is O=C(O)CN1C(=O)/C(=C\c2cccc(NC(=O)c3ccc(Cl)cc3)c2)SC1=S. The Labute approximate surface area is 175 Å². The van der Waals surface area contributed by atoms with Crippen molar-refractivity contribution >= 4 is 69.4 Å². The topological polar surface area (TPSA) is 86.7 Å². The lowest BCUT2D eigenvalue weighted by Gasteiger charge is -2.10. The molecule has 142 valence electrons. The highest BCUT2D eigenvalue weighted by Crippen LogP contribution is 2.32. The summed E-state index contributed by atoms with van der Waals surface area (Å²) in [6.07, 6.45) is 1.61. The summed E-state index contributed by atoms with van der Waals surface area (Å²) in [5.41, 5.74) is 1.68. The number of nitrogens with zero attached hydrogens (tertiary/aromatic N) is 1. The number of halogens is 1. The number of nitrogens with one attached hydrogen (secondary N) is 1. The van der Waals surface area contributed by atoms with Crippen molar-refractivity contribution in [3.63, 3.8) is 0 Å². The lowest BCUT2D eigenvalue weighted by Crippen LogP contribution is -2.33. The molecule has 0 saturated carbocycles. The van der Waals surface area contributed by atoms with Gasteiger partial charge in [0.15, 0.2) is 0 Å². The first-order valence-corrected chi connectivity index (χ1v) is 9.58. The predicted molar refractivity (Wildman–Crippen MR) is 113 cm³/mol. The molecule has 0 bridgehead atoms. The molecular formula is C19H13ClN2O4S2. The number of amides is 2. The van der Waals surface area contributed by atoms with Gasteiger partial charge in [-0.05, 0) is 48.0 Å². The molecule has 3 rings (SSSR count). The Morgan fingerprint density at radius 2 is 1.93 bits per heavy atom. The van der Waals surface area contributed by atoms with Crippen molar-refractivity contribution < 1.29 is 19.5 Å². The number of thiocarbonyl (C=S) groups is 1. The number of hydrogen-bond donors (Lipinski definition) is 2. The zero-order valence-electron chi connectivity index (χ0n) is 14.2. The van der Waals surface area contributed by atoms with E-state index in [0.29, 0.717) is 26.7 Å². The Kier molecular flexibility index (Phi) is 6.13. The van der Waals surface area contributed by atoms with Crippen LogP contribution in [0.25, 0.3) is 6.08 Å². The van der Waals surface area contributed by atoms with Crippen LogP contribution < -0.4 is 5.32 Å². The number of rotatable bonds is 5. The van der Waals surface area contributed by atoms with Crippen LogP contribution in [0.15, 0.2) is 53.4 Å². The second kappa shape index (κ2) is 8.55. The molecular weight excluding hydrogens is 420 g/mol. The Morgan fingerprint density at radius 3 is 2.61 bits per heavy atom. The number of carboxylic acids is 1. The summed E-state index contributed by atoms with van der Waals surface area (Å²) in [6.45, 7) is -0.473. The zero-order chi connectivity index (χ0) is 20.3. The van der Waals surface area contributed by atoms with Gasteiger partial charge >= 0.3 is 5.97 Å². The highest BCUT2D eigenvalue weighted by Gasteiger charge is 2.33. The molecule has 0 aliphatic carbocycles. The second-order valence-corrected chi connectivity index (χ2v) is 7.86. The van der Waals surface area contributed by atoms with E-state index in [2.05, 4.69) is 5.32 Å². The quantitative estimate of drug-likeness (QED) is 0.550. The number of aliphatic carboxylic acids is 1. The summed E-state index contributed by atoms with van der Waals surface area (Å²) in [4.78, 5) is 36.9. The summed E-state index contributed by atoms with van der Waals surface area (Å²) in [6, 6.07) is 13.4. The van der Waals surface area contributed by atoms with Crippen LogP contribution in [0, 0.1) is 0 Å². The Morgan fingerprint density at radius 1 is 1.21 bits per heavy atom. The van der Waals surface area contributed by atoms with Gasteiger partial charge in [-0.3, -0.25) is 19.3 Å². The highest BCUT2D eigenvalue weighted by molar-refractivity contribution is 8.26. The average molecular weight is 433 g/mol. The number of carbonyl (C=O) groups excluding carboxylic acids is 2. The number of carbonyl (C=O) groups is 3. The van der Waals surface area contributed by atoms with Gasteiger partial charge in [-0.1, -0.05) is 47.7 Å². The second-order valence-electron chi connectivity index (χ2n) is 5.75. The number of thioether (sulfide) groups is 1. The van der Waals surface area contributed by atoms with Gasteiger partial charge in [-0.2, -0.15) is 0 Å². The van der Waals surface area contributed by atoms with E-state index in [1.807, 2.05) is 0 Å². The van der Waals surface area contributed by atoms with Crippen molar-refractivity contribution in [1.82, 2.24) is 4.90 Å². The molecule has 1 aliphatic rings. The van der Waals surface area contributed by atoms with Gasteiger partial charge in [0.05, 0.1) is 4.91 Å². The predicted octanol–water partition coefficient (Wildman–Crippen LogP) is 3.88. The lowest BCUT2D eigenvalue weighted by molar-refractivity contribution is -0.140. The molecule has 2 amide bonds. The monoisotopic (exact) mass is 432 g/mol. The highest BCUT2D eigenvalue weighted by atomic mass is 35.5. The number of carboxylic acid groups (broad SMARTS) is 1. The Bertz CT molecular complexity index is 1010. The van der Waals surface area contributed by atoms with Crippen molar-refractivity contribution in [3.8, 4) is 0 Å². The van der Waals surface area contributed by atoms with Crippen molar-refractivity contribution in [3.05, 3.63) is 69.6 Å². The van der Waals surface area contributed by atoms with E-state index < -0.39 is 18.4 Å². The van der Waals surface area contributed by atoms with Gasteiger partial charge < -0.3 is 10.4 Å². The molecule has 0 atom stereocenters. The average Bonchev–Trinajstić information content (AvgIpc) is 2.89. The smallest absolute Gasteiger partial charge is 0.323 e. The first-order chi connectivity index (χ1) is 13.3. The Balaban J connectivity index is 1.76. The van der Waals surface area contributed by atoms with Crippen LogP contribution in [0.4, 0.5) is 5.69 Å². The summed E-state index contributed by atoms with van der Waals surface area (Å²) in [5.74, 6) is -1.88. The molecule has 2 N–H and O–H groups in total. The molecule has 28 heavy (non-hydrogen) atoms. The molecule has 9 heteroatoms. The lowest BCUT2D eigenvalue weighted by atomic mass is 10.1. The minimum absolute atomic E-state index is 0.200. The third-order valence-corrected chi connectivity index (χ3v) is 5.35. The zero-order valence-corrected chi connectivity index (χ0v) is 16.6. The van der Waals surface area contributed by atoms with E-state index in [9.17, 15) is 14.4 Å². The minimum Gasteiger partial charge on any atom is -0.480 e. The van der Waals surface area contributed by atoms with Gasteiger partial charge in [0.25, 0.3) is 11.8 Å². The van der Waals surface area contributed by atoms with Gasteiger partial charge in [0.2, 0.25) is 0 Å². The molecule has 1 saturated heterocycles. The third-order valence-electron chi connectivity index (χ3n) is 3.72. The third kappa shape index (κ3) is 4.78. The first-order valence-electron chi connectivity index (χ1n) is 7.97. The van der Waals surface area contributed by atoms with E-state index in [-0.39, 0.29) is 10.2 Å². The largest absolute Gasteiger partial charge is 0.480 e. The maximum atomic E-state index is 12.3. The molecule has 2 aromatic carbocycles. The molecule has 2 aromatic rings. The molecule has 0 aromatic heterocycles. The van der Waals surface area contributed by atoms with Crippen LogP contribution >= 0.6 is 35.6 Å². The van der Waals surface area contributed by atoms with E-state index >= 15 is 0 Å². The summed E-state index contributed by atoms with van der Waals surface area (Å²) in [7, 11) is 0. The van der Waals surface area contributed by atoms with Crippen molar-refractivity contribution in [2.75, 3.05) is 11.9 Å². The molecule has 1 heterocycles. The van der Waals surface area contributed by atoms with Crippen LogP contribution in [0.3, 0.4) is 0 Å². The van der Waals surface area contributed by atoms with Crippen molar-refractivity contribution in [2.24, 2.45) is 0 Å². The van der Waals surface area contributed by atoms with Crippen LogP contribution in [-0.4, -0.2) is 38.7 Å². The van der Waals surface area contributed by atoms with E-state index in [0.717, 1.165) is 16.7 Å². The van der Waals surface area contributed by atoms with Crippen molar-refractivity contribution in [1.29, 1.82) is 0 Å². The van der Waals surface area contributed by atoms with Gasteiger partial charge in [-0.25, -0.2) is 0 Å². The minimum atomic E-state index is -1.13. The number of hydrogen-bond acceptors (Lipinski definition) is 5. The maximum absolute atomic E-state index is 12.3. The summed E-state index contributed by atoms with van der Waals surface area (Å²) < 4.78 is 0.200. The van der Waals surface area contributed by atoms with Gasteiger partial charge in [0, 0.05) is 16.3 Å². The number of benzene rings is 2. The van der Waals surface area contributed by atoms with Crippen LogP contribution in [-0.2, 0) is 9.59 Å². The molecule has 0 radical (unpaired) electrons. The molecule has 0 spiro atoms. The standard InChI is InChI=1S/C19H13ClN2O4S2/c20-13-6-4-12(5-7-13)17(25)21-14-3-1-2-11(8-14)9-15-18(26)22(10-16(23)24)19(27)28-15/h1-9H,10H2,(H,21,25)(H,23,24)/b15-9+. The fraction of sp³-hybridized carbons (Fsp3) is 0.0526. The number of anilines is 1. The van der Waals surface area contributed by atoms with E-state index in [1.54, 1.807) is 54.6 Å². The summed E-state index contributed by atoms with van der Waals surface area (Å²) in [5, 5.41) is 12.2. The molecule has 0 unspecified atom stereocenters. The fourth-order valence-electron chi connectivity index (χ4n) is 2.43. The fourth-order valence-corrected chi connectivity index (χ4v) is 3.81. The van der Waals surface area contributed by atoms with Crippen LogP contribution in [0.2, 0.25) is 5.02 Å². The molecule has 1 aliphatic heterocycles. The molecule has 6 nitrogen and oxygen atoms in total.